The second kappa shape index (κ2) is 5.18. The van der Waals surface area contributed by atoms with Crippen LogP contribution in [-0.2, 0) is 10.0 Å². The van der Waals surface area contributed by atoms with Gasteiger partial charge in [0, 0.05) is 18.8 Å². The molecule has 1 N–H and O–H groups in total. The van der Waals surface area contributed by atoms with Crippen molar-refractivity contribution >= 4 is 21.4 Å². The van der Waals surface area contributed by atoms with Gasteiger partial charge in [0.2, 0.25) is 10.0 Å². The van der Waals surface area contributed by atoms with E-state index in [4.69, 9.17) is 0 Å². The van der Waals surface area contributed by atoms with Crippen LogP contribution in [0.1, 0.15) is 26.7 Å². The summed E-state index contributed by atoms with van der Waals surface area (Å²) in [6.07, 6.45) is 2.42. The summed E-state index contributed by atoms with van der Waals surface area (Å²) in [5, 5.41) is -0.423. The van der Waals surface area contributed by atoms with E-state index in [0.29, 0.717) is 5.69 Å². The van der Waals surface area contributed by atoms with Crippen molar-refractivity contribution in [2.24, 2.45) is 0 Å². The molecule has 1 heterocycles. The average Bonchev–Trinajstić information content (AvgIpc) is 2.82. The van der Waals surface area contributed by atoms with Crippen molar-refractivity contribution in [1.82, 2.24) is 0 Å². The fraction of sp³-hybridized carbons (Fsp3) is 0.538. The second-order valence-corrected chi connectivity index (χ2v) is 7.18. The number of anilines is 2. The Morgan fingerprint density at radius 2 is 1.89 bits per heavy atom. The van der Waals surface area contributed by atoms with Gasteiger partial charge in [-0.2, -0.15) is 0 Å². The highest BCUT2D eigenvalue weighted by molar-refractivity contribution is 7.93. The van der Waals surface area contributed by atoms with Gasteiger partial charge < -0.3 is 4.90 Å². The van der Waals surface area contributed by atoms with E-state index in [1.807, 2.05) is 18.2 Å². The van der Waals surface area contributed by atoms with Crippen molar-refractivity contribution in [2.45, 2.75) is 31.9 Å². The summed E-state index contributed by atoms with van der Waals surface area (Å²) >= 11 is 0. The van der Waals surface area contributed by atoms with E-state index in [-0.39, 0.29) is 0 Å². The van der Waals surface area contributed by atoms with Gasteiger partial charge in [0.15, 0.2) is 0 Å². The molecule has 0 unspecified atom stereocenters. The van der Waals surface area contributed by atoms with Crippen LogP contribution in [0.15, 0.2) is 24.3 Å². The Morgan fingerprint density at radius 3 is 2.50 bits per heavy atom. The lowest BCUT2D eigenvalue weighted by Crippen LogP contribution is -2.23. The summed E-state index contributed by atoms with van der Waals surface area (Å²) in [4.78, 5) is 2.28. The molecule has 18 heavy (non-hydrogen) atoms. The summed E-state index contributed by atoms with van der Waals surface area (Å²) in [6, 6.07) is 7.62. The van der Waals surface area contributed by atoms with Gasteiger partial charge in [0.05, 0.1) is 10.9 Å². The number of nitrogens with zero attached hydrogens (tertiary/aromatic N) is 1. The molecule has 1 aromatic rings. The van der Waals surface area contributed by atoms with Crippen molar-refractivity contribution in [1.29, 1.82) is 0 Å². The molecule has 0 aliphatic carbocycles. The zero-order chi connectivity index (χ0) is 13.2. The van der Waals surface area contributed by atoms with Crippen LogP contribution in [0.4, 0.5) is 11.4 Å². The molecule has 5 heteroatoms. The molecular weight excluding hydrogens is 248 g/mol. The number of sulfonamides is 1. The molecule has 0 bridgehead atoms. The van der Waals surface area contributed by atoms with E-state index in [1.54, 1.807) is 19.9 Å². The molecule has 1 saturated heterocycles. The largest absolute Gasteiger partial charge is 0.371 e. The lowest BCUT2D eigenvalue weighted by atomic mass is 10.2. The summed E-state index contributed by atoms with van der Waals surface area (Å²) in [5.74, 6) is 0. The smallest absolute Gasteiger partial charge is 0.235 e. The highest BCUT2D eigenvalue weighted by Gasteiger charge is 2.17. The van der Waals surface area contributed by atoms with Gasteiger partial charge in [-0.15, -0.1) is 0 Å². The van der Waals surface area contributed by atoms with Crippen LogP contribution in [-0.4, -0.2) is 26.8 Å². The molecule has 1 aliphatic rings. The second-order valence-electron chi connectivity index (χ2n) is 4.94. The normalized spacial score (nSPS) is 16.3. The summed E-state index contributed by atoms with van der Waals surface area (Å²) < 4.78 is 26.2. The maximum atomic E-state index is 11.8. The van der Waals surface area contributed by atoms with Crippen LogP contribution >= 0.6 is 0 Å². The molecular formula is C13H20N2O2S. The van der Waals surface area contributed by atoms with Crippen molar-refractivity contribution in [2.75, 3.05) is 22.7 Å². The van der Waals surface area contributed by atoms with Crippen LogP contribution in [0, 0.1) is 0 Å². The Bertz CT molecular complexity index is 505. The minimum atomic E-state index is -3.26. The van der Waals surface area contributed by atoms with Crippen molar-refractivity contribution in [3.63, 3.8) is 0 Å². The quantitative estimate of drug-likeness (QED) is 0.912. The third kappa shape index (κ3) is 2.96. The molecule has 4 nitrogen and oxygen atoms in total. The number of hydrogen-bond donors (Lipinski definition) is 1. The molecule has 0 amide bonds. The van der Waals surface area contributed by atoms with Gasteiger partial charge in [0.25, 0.3) is 0 Å². The molecule has 0 spiro atoms. The summed E-state index contributed by atoms with van der Waals surface area (Å²) in [7, 11) is -3.26. The molecule has 0 radical (unpaired) electrons. The Hall–Kier alpha value is -1.23. The third-order valence-corrected chi connectivity index (χ3v) is 4.96. The molecule has 0 saturated carbocycles. The third-order valence-electron chi connectivity index (χ3n) is 3.20. The van der Waals surface area contributed by atoms with Gasteiger partial charge >= 0.3 is 0 Å². The lowest BCUT2D eigenvalue weighted by Gasteiger charge is -2.19. The first kappa shape index (κ1) is 13.2. The Labute approximate surface area is 109 Å². The lowest BCUT2D eigenvalue weighted by molar-refractivity contribution is 0.593. The molecule has 1 aromatic carbocycles. The van der Waals surface area contributed by atoms with Crippen LogP contribution in [0.25, 0.3) is 0 Å². The molecule has 100 valence electrons. The first-order chi connectivity index (χ1) is 8.49. The summed E-state index contributed by atoms with van der Waals surface area (Å²) in [5.41, 5.74) is 1.74. The van der Waals surface area contributed by atoms with Crippen molar-refractivity contribution in [3.8, 4) is 0 Å². The van der Waals surface area contributed by atoms with Gasteiger partial charge in [0.1, 0.15) is 0 Å². The predicted octanol–water partition coefficient (Wildman–Crippen LogP) is 2.44. The number of rotatable bonds is 4. The van der Waals surface area contributed by atoms with Crippen LogP contribution in [0.5, 0.6) is 0 Å². The topological polar surface area (TPSA) is 49.4 Å². The Balaban J connectivity index is 2.17. The minimum absolute atomic E-state index is 0.423. The monoisotopic (exact) mass is 268 g/mol. The van der Waals surface area contributed by atoms with Gasteiger partial charge in [-0.1, -0.05) is 6.07 Å². The van der Waals surface area contributed by atoms with Crippen LogP contribution < -0.4 is 9.62 Å². The summed E-state index contributed by atoms with van der Waals surface area (Å²) in [6.45, 7) is 5.46. The van der Waals surface area contributed by atoms with E-state index < -0.39 is 15.3 Å². The zero-order valence-electron chi connectivity index (χ0n) is 10.9. The van der Waals surface area contributed by atoms with Gasteiger partial charge in [-0.25, -0.2) is 8.42 Å². The van der Waals surface area contributed by atoms with E-state index in [2.05, 4.69) is 9.62 Å². The average molecular weight is 268 g/mol. The first-order valence-corrected chi connectivity index (χ1v) is 7.90. The van der Waals surface area contributed by atoms with Crippen molar-refractivity contribution in [3.05, 3.63) is 24.3 Å². The number of hydrogen-bond acceptors (Lipinski definition) is 3. The number of benzene rings is 1. The van der Waals surface area contributed by atoms with Crippen LogP contribution in [0.3, 0.4) is 0 Å². The van der Waals surface area contributed by atoms with E-state index in [9.17, 15) is 8.42 Å². The Kier molecular flexibility index (Phi) is 3.80. The zero-order valence-corrected chi connectivity index (χ0v) is 11.7. The first-order valence-electron chi connectivity index (χ1n) is 6.36. The highest BCUT2D eigenvalue weighted by Crippen LogP contribution is 2.24. The maximum Gasteiger partial charge on any atom is 0.235 e. The molecule has 1 aliphatic heterocycles. The molecule has 2 rings (SSSR count). The SMILES string of the molecule is CC(C)S(=O)(=O)Nc1cccc(N2CCCC2)c1. The van der Waals surface area contributed by atoms with Crippen molar-refractivity contribution < 1.29 is 8.42 Å². The van der Waals surface area contributed by atoms with E-state index in [1.165, 1.54) is 12.8 Å². The fourth-order valence-electron chi connectivity index (χ4n) is 2.02. The van der Waals surface area contributed by atoms with Gasteiger partial charge in [-0.3, -0.25) is 4.72 Å². The molecule has 1 fully saturated rings. The van der Waals surface area contributed by atoms with E-state index >= 15 is 0 Å². The van der Waals surface area contributed by atoms with Gasteiger partial charge in [-0.05, 0) is 44.9 Å². The molecule has 0 aromatic heterocycles. The van der Waals surface area contributed by atoms with E-state index in [0.717, 1.165) is 18.8 Å². The van der Waals surface area contributed by atoms with Crippen LogP contribution in [0.2, 0.25) is 0 Å². The Morgan fingerprint density at radius 1 is 1.22 bits per heavy atom. The minimum Gasteiger partial charge on any atom is -0.371 e. The highest BCUT2D eigenvalue weighted by atomic mass is 32.2. The number of nitrogens with one attached hydrogen (secondary N) is 1. The maximum absolute atomic E-state index is 11.8. The predicted molar refractivity (Wildman–Crippen MR) is 75.6 cm³/mol. The standard InChI is InChI=1S/C13H20N2O2S/c1-11(2)18(16,17)14-12-6-5-7-13(10-12)15-8-3-4-9-15/h5-7,10-11,14H,3-4,8-9H2,1-2H3. The fourth-order valence-corrected chi connectivity index (χ4v) is 2.71. The molecule has 0 atom stereocenters.